The fraction of sp³-hybridized carbons (Fsp3) is 0.538. The topological polar surface area (TPSA) is 24.1 Å². The highest BCUT2D eigenvalue weighted by Gasteiger charge is 2.14. The zero-order valence-corrected chi connectivity index (χ0v) is 13.2. The largest absolute Gasteiger partial charge is 0.380 e. The van der Waals surface area contributed by atoms with Crippen LogP contribution in [-0.4, -0.2) is 19.1 Å². The molecule has 4 heteroatoms. The maximum atomic E-state index is 3.65. The van der Waals surface area contributed by atoms with Crippen molar-refractivity contribution >= 4 is 37.5 Å². The first-order valence-electron chi connectivity index (χ1n) is 6.09. The lowest BCUT2D eigenvalue weighted by molar-refractivity contribution is 0.637. The molecule has 1 atom stereocenters. The van der Waals surface area contributed by atoms with Crippen LogP contribution in [0.4, 0.5) is 5.69 Å². The van der Waals surface area contributed by atoms with Gasteiger partial charge in [-0.1, -0.05) is 0 Å². The highest BCUT2D eigenvalue weighted by atomic mass is 79.9. The molecule has 0 bridgehead atoms. The predicted octanol–water partition coefficient (Wildman–Crippen LogP) is 4.07. The first-order valence-corrected chi connectivity index (χ1v) is 7.68. The summed E-state index contributed by atoms with van der Waals surface area (Å²) < 4.78 is 2.28. The van der Waals surface area contributed by atoms with E-state index >= 15 is 0 Å². The SMILES string of the molecule is Cc1cc(Br)c(NC2CCCNCC2)c(Br)c1. The minimum Gasteiger partial charge on any atom is -0.380 e. The molecule has 0 saturated carbocycles. The van der Waals surface area contributed by atoms with Gasteiger partial charge in [-0.3, -0.25) is 0 Å². The lowest BCUT2D eigenvalue weighted by atomic mass is 10.1. The van der Waals surface area contributed by atoms with Crippen LogP contribution in [0.3, 0.4) is 0 Å². The summed E-state index contributed by atoms with van der Waals surface area (Å²) in [6.07, 6.45) is 3.67. The second-order valence-corrected chi connectivity index (χ2v) is 6.33. The Morgan fingerprint density at radius 2 is 1.88 bits per heavy atom. The van der Waals surface area contributed by atoms with E-state index in [1.807, 2.05) is 0 Å². The van der Waals surface area contributed by atoms with Gasteiger partial charge in [-0.25, -0.2) is 0 Å². The summed E-state index contributed by atoms with van der Waals surface area (Å²) >= 11 is 7.27. The maximum Gasteiger partial charge on any atom is 0.0631 e. The molecule has 17 heavy (non-hydrogen) atoms. The van der Waals surface area contributed by atoms with Gasteiger partial charge < -0.3 is 10.6 Å². The Balaban J connectivity index is 2.11. The number of aryl methyl sites for hydroxylation is 1. The summed E-state index contributed by atoms with van der Waals surface area (Å²) in [5.74, 6) is 0. The molecule has 1 unspecified atom stereocenters. The third-order valence-corrected chi connectivity index (χ3v) is 4.36. The second kappa shape index (κ2) is 6.21. The third kappa shape index (κ3) is 3.70. The zero-order valence-electron chi connectivity index (χ0n) is 10.0. The van der Waals surface area contributed by atoms with Crippen LogP contribution in [0.2, 0.25) is 0 Å². The van der Waals surface area contributed by atoms with Crippen LogP contribution >= 0.6 is 31.9 Å². The van der Waals surface area contributed by atoms with Crippen molar-refractivity contribution in [3.8, 4) is 0 Å². The quantitative estimate of drug-likeness (QED) is 0.829. The lowest BCUT2D eigenvalue weighted by Gasteiger charge is -2.20. The van der Waals surface area contributed by atoms with Gasteiger partial charge in [0, 0.05) is 15.0 Å². The van der Waals surface area contributed by atoms with Gasteiger partial charge in [-0.2, -0.15) is 0 Å². The van der Waals surface area contributed by atoms with Crippen LogP contribution in [0.25, 0.3) is 0 Å². The van der Waals surface area contributed by atoms with E-state index in [2.05, 4.69) is 61.5 Å². The highest BCUT2D eigenvalue weighted by molar-refractivity contribution is 9.11. The molecule has 1 aromatic carbocycles. The average Bonchev–Trinajstić information content (AvgIpc) is 2.51. The standard InChI is InChI=1S/C13H18Br2N2/c1-9-7-11(14)13(12(15)8-9)17-10-3-2-5-16-6-4-10/h7-8,10,16-17H,2-6H2,1H3. The van der Waals surface area contributed by atoms with Gasteiger partial charge in [0.15, 0.2) is 0 Å². The van der Waals surface area contributed by atoms with Gasteiger partial charge in [-0.15, -0.1) is 0 Å². The fourth-order valence-electron chi connectivity index (χ4n) is 2.21. The minimum atomic E-state index is 0.570. The number of rotatable bonds is 2. The fourth-order valence-corrected chi connectivity index (χ4v) is 3.85. The van der Waals surface area contributed by atoms with Crippen molar-refractivity contribution in [3.63, 3.8) is 0 Å². The molecule has 1 aromatic rings. The van der Waals surface area contributed by atoms with Crippen molar-refractivity contribution in [2.45, 2.75) is 32.2 Å². The van der Waals surface area contributed by atoms with E-state index in [1.54, 1.807) is 0 Å². The van der Waals surface area contributed by atoms with E-state index in [4.69, 9.17) is 0 Å². The van der Waals surface area contributed by atoms with Gasteiger partial charge in [0.05, 0.1) is 5.69 Å². The number of hydrogen-bond donors (Lipinski definition) is 2. The van der Waals surface area contributed by atoms with E-state index < -0.39 is 0 Å². The van der Waals surface area contributed by atoms with E-state index in [0.717, 1.165) is 22.0 Å². The second-order valence-electron chi connectivity index (χ2n) is 4.63. The van der Waals surface area contributed by atoms with Crippen LogP contribution in [0.1, 0.15) is 24.8 Å². The summed E-state index contributed by atoms with van der Waals surface area (Å²) in [7, 11) is 0. The first kappa shape index (κ1) is 13.4. The molecule has 1 aliphatic rings. The van der Waals surface area contributed by atoms with Crippen molar-refractivity contribution in [3.05, 3.63) is 26.6 Å². The van der Waals surface area contributed by atoms with E-state index in [-0.39, 0.29) is 0 Å². The summed E-state index contributed by atoms with van der Waals surface area (Å²) in [6.45, 7) is 4.36. The van der Waals surface area contributed by atoms with Crippen molar-refractivity contribution in [2.24, 2.45) is 0 Å². The van der Waals surface area contributed by atoms with Gasteiger partial charge in [0.25, 0.3) is 0 Å². The predicted molar refractivity (Wildman–Crippen MR) is 80.7 cm³/mol. The summed E-state index contributed by atoms with van der Waals surface area (Å²) in [4.78, 5) is 0. The van der Waals surface area contributed by atoms with E-state index in [9.17, 15) is 0 Å². The minimum absolute atomic E-state index is 0.570. The maximum absolute atomic E-state index is 3.65. The Hall–Kier alpha value is -0.0600. The molecule has 0 amide bonds. The molecule has 1 saturated heterocycles. The Bertz CT molecular complexity index is 362. The molecular weight excluding hydrogens is 344 g/mol. The average molecular weight is 362 g/mol. The van der Waals surface area contributed by atoms with E-state index in [0.29, 0.717) is 6.04 Å². The summed E-state index contributed by atoms with van der Waals surface area (Å²) in [5, 5.41) is 7.09. The normalized spacial score (nSPS) is 21.0. The third-order valence-electron chi connectivity index (χ3n) is 3.11. The highest BCUT2D eigenvalue weighted by Crippen LogP contribution is 2.33. The molecule has 2 N–H and O–H groups in total. The Kier molecular flexibility index (Phi) is 4.88. The van der Waals surface area contributed by atoms with Gasteiger partial charge in [0.1, 0.15) is 0 Å². The van der Waals surface area contributed by atoms with Crippen molar-refractivity contribution < 1.29 is 0 Å². The summed E-state index contributed by atoms with van der Waals surface area (Å²) in [5.41, 5.74) is 2.44. The zero-order chi connectivity index (χ0) is 12.3. The lowest BCUT2D eigenvalue weighted by Crippen LogP contribution is -2.21. The van der Waals surface area contributed by atoms with Crippen LogP contribution in [0, 0.1) is 6.92 Å². The Labute approximate surface area is 120 Å². The molecule has 0 aromatic heterocycles. The molecule has 1 aliphatic heterocycles. The van der Waals surface area contributed by atoms with Gasteiger partial charge in [0.2, 0.25) is 0 Å². The van der Waals surface area contributed by atoms with Gasteiger partial charge in [-0.05, 0) is 88.8 Å². The van der Waals surface area contributed by atoms with Crippen molar-refractivity contribution in [1.29, 1.82) is 0 Å². The van der Waals surface area contributed by atoms with Crippen molar-refractivity contribution in [2.75, 3.05) is 18.4 Å². The molecule has 0 aliphatic carbocycles. The number of anilines is 1. The van der Waals surface area contributed by atoms with E-state index in [1.165, 1.54) is 30.5 Å². The number of halogens is 2. The molecule has 2 rings (SSSR count). The molecule has 0 spiro atoms. The monoisotopic (exact) mass is 360 g/mol. The first-order chi connectivity index (χ1) is 8.16. The van der Waals surface area contributed by atoms with Crippen molar-refractivity contribution in [1.82, 2.24) is 5.32 Å². The molecule has 0 radical (unpaired) electrons. The smallest absolute Gasteiger partial charge is 0.0631 e. The Morgan fingerprint density at radius 1 is 1.18 bits per heavy atom. The van der Waals surface area contributed by atoms with Gasteiger partial charge >= 0.3 is 0 Å². The van der Waals surface area contributed by atoms with Crippen LogP contribution in [0.15, 0.2) is 21.1 Å². The molecular formula is C13H18Br2N2. The van der Waals surface area contributed by atoms with Crippen LogP contribution in [0.5, 0.6) is 0 Å². The number of benzene rings is 1. The summed E-state index contributed by atoms with van der Waals surface area (Å²) in [6, 6.07) is 4.88. The molecule has 1 heterocycles. The Morgan fingerprint density at radius 3 is 2.59 bits per heavy atom. The number of hydrogen-bond acceptors (Lipinski definition) is 2. The number of nitrogens with one attached hydrogen (secondary N) is 2. The van der Waals surface area contributed by atoms with Crippen LogP contribution < -0.4 is 10.6 Å². The molecule has 94 valence electrons. The molecule has 1 fully saturated rings. The molecule has 2 nitrogen and oxygen atoms in total. The van der Waals surface area contributed by atoms with Crippen LogP contribution in [-0.2, 0) is 0 Å².